The monoisotopic (exact) mass is 314 g/mol. The van der Waals surface area contributed by atoms with Crippen molar-refractivity contribution in [3.63, 3.8) is 0 Å². The van der Waals surface area contributed by atoms with Crippen LogP contribution in [-0.4, -0.2) is 17.9 Å². The highest BCUT2D eigenvalue weighted by Crippen LogP contribution is 2.29. The van der Waals surface area contributed by atoms with Gasteiger partial charge in [-0.15, -0.1) is 0 Å². The van der Waals surface area contributed by atoms with Crippen molar-refractivity contribution in [3.05, 3.63) is 41.1 Å². The molecule has 3 rings (SSSR count). The number of allylic oxidation sites excluding steroid dienone is 1. The van der Waals surface area contributed by atoms with E-state index >= 15 is 0 Å². The number of hydrogen-bond donors (Lipinski definition) is 2. The molecule has 0 aromatic heterocycles. The summed E-state index contributed by atoms with van der Waals surface area (Å²) in [6, 6.07) is 6.95. The molecule has 0 bridgehead atoms. The topological polar surface area (TPSA) is 67.4 Å². The second kappa shape index (κ2) is 6.44. The van der Waals surface area contributed by atoms with Crippen molar-refractivity contribution in [1.82, 2.24) is 10.6 Å². The molecule has 2 aliphatic rings. The molecule has 1 aliphatic carbocycles. The summed E-state index contributed by atoms with van der Waals surface area (Å²) in [7, 11) is 0. The molecule has 1 aromatic rings. The van der Waals surface area contributed by atoms with Gasteiger partial charge in [-0.1, -0.05) is 12.1 Å². The zero-order valence-electron chi connectivity index (χ0n) is 13.5. The molecule has 23 heavy (non-hydrogen) atoms. The van der Waals surface area contributed by atoms with Crippen LogP contribution >= 0.6 is 0 Å². The third kappa shape index (κ3) is 3.38. The van der Waals surface area contributed by atoms with E-state index in [4.69, 9.17) is 4.74 Å². The van der Waals surface area contributed by atoms with Gasteiger partial charge in [0.25, 0.3) is 0 Å². The number of carbonyl (C=O) groups excluding carboxylic acids is 2. The molecule has 1 saturated carbocycles. The third-order valence-electron chi connectivity index (χ3n) is 4.47. The van der Waals surface area contributed by atoms with Crippen molar-refractivity contribution in [2.75, 3.05) is 0 Å². The van der Waals surface area contributed by atoms with E-state index in [1.165, 1.54) is 19.8 Å². The van der Waals surface area contributed by atoms with E-state index in [0.717, 1.165) is 24.2 Å². The van der Waals surface area contributed by atoms with Crippen LogP contribution in [0.2, 0.25) is 0 Å². The van der Waals surface area contributed by atoms with Crippen LogP contribution < -0.4 is 15.4 Å². The maximum Gasteiger partial charge on any atom is 0.319 e. The standard InChI is InChI=1S/C18H22N2O3/c1-11-16(12(2)21)17(20-18(22)19-11)13-7-9-15(10-8-13)23-14-5-3-4-6-14/h7-10,14,17H,3-6H2,1-2H3,(H2,19,20,22)/t17-/m0/s1. The average molecular weight is 314 g/mol. The predicted octanol–water partition coefficient (Wildman–Crippen LogP) is 3.22. The quantitative estimate of drug-likeness (QED) is 0.896. The van der Waals surface area contributed by atoms with Gasteiger partial charge < -0.3 is 15.4 Å². The Balaban J connectivity index is 1.81. The SMILES string of the molecule is CC(=O)C1=C(C)NC(=O)N[C@H]1c1ccc(OC2CCCC2)cc1. The predicted molar refractivity (Wildman–Crippen MR) is 87.1 cm³/mol. The molecule has 122 valence electrons. The number of urea groups is 1. The fraction of sp³-hybridized carbons (Fsp3) is 0.444. The highest BCUT2D eigenvalue weighted by atomic mass is 16.5. The molecule has 1 atom stereocenters. The lowest BCUT2D eigenvalue weighted by molar-refractivity contribution is -0.114. The van der Waals surface area contributed by atoms with Crippen LogP contribution in [0, 0.1) is 0 Å². The van der Waals surface area contributed by atoms with Gasteiger partial charge in [-0.2, -0.15) is 0 Å². The summed E-state index contributed by atoms with van der Waals surface area (Å²) in [4.78, 5) is 23.7. The fourth-order valence-electron chi connectivity index (χ4n) is 3.35. The van der Waals surface area contributed by atoms with Crippen LogP contribution in [-0.2, 0) is 4.79 Å². The number of ketones is 1. The maximum atomic E-state index is 11.9. The Kier molecular flexibility index (Phi) is 4.37. The minimum absolute atomic E-state index is 0.0497. The second-order valence-corrected chi connectivity index (χ2v) is 6.22. The first-order valence-electron chi connectivity index (χ1n) is 8.10. The molecule has 2 amide bonds. The lowest BCUT2D eigenvalue weighted by atomic mass is 9.93. The molecule has 1 aromatic carbocycles. The lowest BCUT2D eigenvalue weighted by Crippen LogP contribution is -2.44. The minimum Gasteiger partial charge on any atom is -0.490 e. The number of amides is 2. The Morgan fingerprint density at radius 2 is 1.83 bits per heavy atom. The lowest BCUT2D eigenvalue weighted by Gasteiger charge is -2.28. The first kappa shape index (κ1) is 15.6. The number of carbonyl (C=O) groups is 2. The van der Waals surface area contributed by atoms with Crippen molar-refractivity contribution in [2.45, 2.75) is 51.7 Å². The molecule has 1 heterocycles. The summed E-state index contributed by atoms with van der Waals surface area (Å²) in [5.74, 6) is 0.789. The Morgan fingerprint density at radius 1 is 1.17 bits per heavy atom. The molecular weight excluding hydrogens is 292 g/mol. The van der Waals surface area contributed by atoms with E-state index < -0.39 is 6.04 Å². The number of rotatable bonds is 4. The molecule has 5 nitrogen and oxygen atoms in total. The van der Waals surface area contributed by atoms with Gasteiger partial charge in [0.1, 0.15) is 5.75 Å². The van der Waals surface area contributed by atoms with Gasteiger partial charge in [0.2, 0.25) is 0 Å². The van der Waals surface area contributed by atoms with Crippen LogP contribution in [0.5, 0.6) is 5.75 Å². The van der Waals surface area contributed by atoms with Crippen molar-refractivity contribution < 1.29 is 14.3 Å². The first-order valence-corrected chi connectivity index (χ1v) is 8.10. The van der Waals surface area contributed by atoms with Crippen LogP contribution in [0.15, 0.2) is 35.5 Å². The molecule has 0 spiro atoms. The summed E-state index contributed by atoms with van der Waals surface area (Å²) in [5, 5.41) is 5.47. The molecule has 0 saturated heterocycles. The molecule has 1 fully saturated rings. The Bertz CT molecular complexity index is 643. The third-order valence-corrected chi connectivity index (χ3v) is 4.47. The van der Waals surface area contributed by atoms with Gasteiger partial charge >= 0.3 is 6.03 Å². The van der Waals surface area contributed by atoms with Gasteiger partial charge in [0, 0.05) is 11.3 Å². The summed E-state index contributed by atoms with van der Waals surface area (Å²) in [5.41, 5.74) is 2.08. The largest absolute Gasteiger partial charge is 0.490 e. The van der Waals surface area contributed by atoms with Crippen LogP contribution in [0.4, 0.5) is 4.79 Å². The van der Waals surface area contributed by atoms with Gasteiger partial charge in [0.05, 0.1) is 12.1 Å². The van der Waals surface area contributed by atoms with E-state index in [-0.39, 0.29) is 11.8 Å². The molecular formula is C18H22N2O3. The van der Waals surface area contributed by atoms with Crippen molar-refractivity contribution in [1.29, 1.82) is 0 Å². The van der Waals surface area contributed by atoms with Gasteiger partial charge in [0.15, 0.2) is 5.78 Å². The van der Waals surface area contributed by atoms with Gasteiger partial charge in [-0.3, -0.25) is 4.79 Å². The highest BCUT2D eigenvalue weighted by molar-refractivity contribution is 5.98. The Labute approximate surface area is 136 Å². The summed E-state index contributed by atoms with van der Waals surface area (Å²) >= 11 is 0. The number of ether oxygens (including phenoxy) is 1. The smallest absolute Gasteiger partial charge is 0.319 e. The molecule has 1 aliphatic heterocycles. The minimum atomic E-state index is -0.415. The zero-order chi connectivity index (χ0) is 16.4. The van der Waals surface area contributed by atoms with E-state index in [1.54, 1.807) is 6.92 Å². The summed E-state index contributed by atoms with van der Waals surface area (Å²) < 4.78 is 5.96. The van der Waals surface area contributed by atoms with Crippen molar-refractivity contribution in [2.24, 2.45) is 0 Å². The summed E-state index contributed by atoms with van der Waals surface area (Å²) in [6.07, 6.45) is 5.01. The number of benzene rings is 1. The van der Waals surface area contributed by atoms with E-state index in [0.29, 0.717) is 17.4 Å². The maximum absolute atomic E-state index is 11.9. The normalized spacial score (nSPS) is 21.8. The molecule has 0 radical (unpaired) electrons. The highest BCUT2D eigenvalue weighted by Gasteiger charge is 2.29. The number of Topliss-reactive ketones (excluding diaryl/α,β-unsaturated/α-hetero) is 1. The molecule has 2 N–H and O–H groups in total. The number of hydrogen-bond acceptors (Lipinski definition) is 3. The second-order valence-electron chi connectivity index (χ2n) is 6.22. The number of nitrogens with one attached hydrogen (secondary N) is 2. The molecule has 5 heteroatoms. The fourth-order valence-corrected chi connectivity index (χ4v) is 3.35. The van der Waals surface area contributed by atoms with Crippen LogP contribution in [0.3, 0.4) is 0 Å². The molecule has 0 unspecified atom stereocenters. The van der Waals surface area contributed by atoms with E-state index in [9.17, 15) is 9.59 Å². The van der Waals surface area contributed by atoms with Crippen molar-refractivity contribution >= 4 is 11.8 Å². The van der Waals surface area contributed by atoms with E-state index in [2.05, 4.69) is 10.6 Å². The van der Waals surface area contributed by atoms with Crippen molar-refractivity contribution in [3.8, 4) is 5.75 Å². The summed E-state index contributed by atoms with van der Waals surface area (Å²) in [6.45, 7) is 3.27. The zero-order valence-corrected chi connectivity index (χ0v) is 13.5. The van der Waals surface area contributed by atoms with Gasteiger partial charge in [-0.25, -0.2) is 4.79 Å². The van der Waals surface area contributed by atoms with Gasteiger partial charge in [-0.05, 0) is 57.2 Å². The van der Waals surface area contributed by atoms with Crippen LogP contribution in [0.1, 0.15) is 51.1 Å². The van der Waals surface area contributed by atoms with Crippen LogP contribution in [0.25, 0.3) is 0 Å². The first-order chi connectivity index (χ1) is 11.0. The van der Waals surface area contributed by atoms with E-state index in [1.807, 2.05) is 24.3 Å². The Hall–Kier alpha value is -2.30. The Morgan fingerprint density at radius 3 is 2.43 bits per heavy atom. The average Bonchev–Trinajstić information content (AvgIpc) is 2.99.